The summed E-state index contributed by atoms with van der Waals surface area (Å²) in [6, 6.07) is 5.22. The van der Waals surface area contributed by atoms with Crippen LogP contribution in [0.2, 0.25) is 5.02 Å². The van der Waals surface area contributed by atoms with Gasteiger partial charge in [0.25, 0.3) is 5.91 Å². The van der Waals surface area contributed by atoms with Crippen LogP contribution in [0.25, 0.3) is 0 Å². The molecule has 0 spiro atoms. The molecule has 0 unspecified atom stereocenters. The van der Waals surface area contributed by atoms with Crippen LogP contribution < -0.4 is 10.1 Å². The second-order valence-electron chi connectivity index (χ2n) is 4.18. The van der Waals surface area contributed by atoms with E-state index < -0.39 is 0 Å². The molecule has 0 aliphatic rings. The van der Waals surface area contributed by atoms with Gasteiger partial charge in [-0.3, -0.25) is 10.1 Å². The molecule has 0 aliphatic carbocycles. The fourth-order valence-electron chi connectivity index (χ4n) is 1.50. The number of hydrogen-bond donors (Lipinski definition) is 1. The van der Waals surface area contributed by atoms with Gasteiger partial charge in [0, 0.05) is 12.1 Å². The Balaban J connectivity index is 1.85. The SMILES string of the molecule is COCc1nnc(NC(=O)COc2ccc(Cl)c(C)c2)s1. The van der Waals surface area contributed by atoms with E-state index in [1.54, 1.807) is 25.3 Å². The first-order valence-corrected chi connectivity index (χ1v) is 7.28. The second-order valence-corrected chi connectivity index (χ2v) is 5.65. The number of anilines is 1. The standard InChI is InChI=1S/C13H14ClN3O3S/c1-8-5-9(3-4-10(8)14)20-6-11(18)15-13-17-16-12(21-13)7-19-2/h3-5H,6-7H2,1-2H3,(H,15,17,18). The molecule has 0 fully saturated rings. The summed E-state index contributed by atoms with van der Waals surface area (Å²) in [6.45, 7) is 2.13. The monoisotopic (exact) mass is 327 g/mol. The molecule has 6 nitrogen and oxygen atoms in total. The van der Waals surface area contributed by atoms with Crippen molar-refractivity contribution in [3.63, 3.8) is 0 Å². The zero-order valence-corrected chi connectivity index (χ0v) is 13.1. The first-order valence-electron chi connectivity index (χ1n) is 6.08. The summed E-state index contributed by atoms with van der Waals surface area (Å²) in [5, 5.41) is 12.1. The minimum absolute atomic E-state index is 0.111. The molecule has 112 valence electrons. The lowest BCUT2D eigenvalue weighted by atomic mass is 10.2. The highest BCUT2D eigenvalue weighted by atomic mass is 35.5. The molecule has 0 saturated heterocycles. The van der Waals surface area contributed by atoms with Gasteiger partial charge in [-0.15, -0.1) is 10.2 Å². The van der Waals surface area contributed by atoms with Crippen molar-refractivity contribution >= 4 is 34.0 Å². The lowest BCUT2D eigenvalue weighted by Crippen LogP contribution is -2.20. The number of carbonyl (C=O) groups is 1. The second kappa shape index (κ2) is 7.35. The topological polar surface area (TPSA) is 73.3 Å². The maximum atomic E-state index is 11.8. The van der Waals surface area contributed by atoms with E-state index in [1.807, 2.05) is 6.92 Å². The minimum atomic E-state index is -0.303. The molecule has 8 heteroatoms. The summed E-state index contributed by atoms with van der Waals surface area (Å²) in [7, 11) is 1.57. The van der Waals surface area contributed by atoms with Crippen LogP contribution in [-0.2, 0) is 16.1 Å². The highest BCUT2D eigenvalue weighted by molar-refractivity contribution is 7.15. The average molecular weight is 328 g/mol. The number of aromatic nitrogens is 2. The van der Waals surface area contributed by atoms with Gasteiger partial charge in [-0.05, 0) is 30.7 Å². The predicted octanol–water partition coefficient (Wildman–Crippen LogP) is 2.66. The third-order valence-corrected chi connectivity index (χ3v) is 3.72. The zero-order chi connectivity index (χ0) is 15.2. The van der Waals surface area contributed by atoms with Crippen LogP contribution in [0.15, 0.2) is 18.2 Å². The lowest BCUT2D eigenvalue weighted by molar-refractivity contribution is -0.118. The summed E-state index contributed by atoms with van der Waals surface area (Å²) in [4.78, 5) is 11.8. The van der Waals surface area contributed by atoms with E-state index in [0.717, 1.165) is 5.56 Å². The predicted molar refractivity (Wildman–Crippen MR) is 80.9 cm³/mol. The summed E-state index contributed by atoms with van der Waals surface area (Å²) >= 11 is 7.18. The maximum Gasteiger partial charge on any atom is 0.264 e. The van der Waals surface area contributed by atoms with Gasteiger partial charge in [0.05, 0.1) is 0 Å². The van der Waals surface area contributed by atoms with Crippen molar-refractivity contribution in [3.8, 4) is 5.75 Å². The number of ether oxygens (including phenoxy) is 2. The number of amides is 1. The van der Waals surface area contributed by atoms with E-state index in [2.05, 4.69) is 15.5 Å². The van der Waals surface area contributed by atoms with E-state index in [9.17, 15) is 4.79 Å². The molecule has 1 N–H and O–H groups in total. The quantitative estimate of drug-likeness (QED) is 0.883. The van der Waals surface area contributed by atoms with Crippen LogP contribution in [-0.4, -0.2) is 29.8 Å². The molecule has 0 bridgehead atoms. The van der Waals surface area contributed by atoms with Crippen LogP contribution in [0, 0.1) is 6.92 Å². The number of nitrogens with one attached hydrogen (secondary N) is 1. The first kappa shape index (κ1) is 15.7. The smallest absolute Gasteiger partial charge is 0.264 e. The van der Waals surface area contributed by atoms with Crippen LogP contribution in [0.4, 0.5) is 5.13 Å². The summed E-state index contributed by atoms with van der Waals surface area (Å²) in [5.74, 6) is 0.284. The molecule has 0 aliphatic heterocycles. The molecular weight excluding hydrogens is 314 g/mol. The van der Waals surface area contributed by atoms with Gasteiger partial charge >= 0.3 is 0 Å². The van der Waals surface area contributed by atoms with Crippen LogP contribution in [0.5, 0.6) is 5.75 Å². The Hall–Kier alpha value is -1.70. The largest absolute Gasteiger partial charge is 0.484 e. The third kappa shape index (κ3) is 4.66. The molecule has 1 aromatic heterocycles. The number of halogens is 1. The summed E-state index contributed by atoms with van der Waals surface area (Å²) < 4.78 is 10.3. The van der Waals surface area contributed by atoms with Crippen molar-refractivity contribution in [2.45, 2.75) is 13.5 Å². The van der Waals surface area contributed by atoms with Crippen molar-refractivity contribution in [3.05, 3.63) is 33.8 Å². The normalized spacial score (nSPS) is 10.4. The van der Waals surface area contributed by atoms with Gasteiger partial charge in [0.1, 0.15) is 17.4 Å². The van der Waals surface area contributed by atoms with Gasteiger partial charge in [-0.1, -0.05) is 22.9 Å². The molecule has 0 saturated carbocycles. The zero-order valence-electron chi connectivity index (χ0n) is 11.6. The van der Waals surface area contributed by atoms with Crippen LogP contribution in [0.3, 0.4) is 0 Å². The molecule has 1 heterocycles. The van der Waals surface area contributed by atoms with E-state index in [-0.39, 0.29) is 12.5 Å². The average Bonchev–Trinajstić information content (AvgIpc) is 2.88. The molecule has 2 aromatic rings. The highest BCUT2D eigenvalue weighted by Gasteiger charge is 2.09. The fourth-order valence-corrected chi connectivity index (χ4v) is 2.34. The van der Waals surface area contributed by atoms with Crippen LogP contribution in [0.1, 0.15) is 10.6 Å². The Labute approximate surface area is 131 Å². The van der Waals surface area contributed by atoms with Gasteiger partial charge in [0.15, 0.2) is 6.61 Å². The van der Waals surface area contributed by atoms with Crippen molar-refractivity contribution in [2.24, 2.45) is 0 Å². The molecule has 21 heavy (non-hydrogen) atoms. The minimum Gasteiger partial charge on any atom is -0.484 e. The fraction of sp³-hybridized carbons (Fsp3) is 0.308. The van der Waals surface area contributed by atoms with Crippen molar-refractivity contribution in [1.29, 1.82) is 0 Å². The first-order chi connectivity index (χ1) is 10.1. The van der Waals surface area contributed by atoms with Crippen LogP contribution >= 0.6 is 22.9 Å². The molecule has 0 radical (unpaired) electrons. The molecule has 2 rings (SSSR count). The van der Waals surface area contributed by atoms with Gasteiger partial charge < -0.3 is 9.47 Å². The number of hydrogen-bond acceptors (Lipinski definition) is 6. The Morgan fingerprint density at radius 1 is 1.43 bits per heavy atom. The number of benzene rings is 1. The lowest BCUT2D eigenvalue weighted by Gasteiger charge is -2.07. The third-order valence-electron chi connectivity index (χ3n) is 2.48. The maximum absolute atomic E-state index is 11.8. The van der Waals surface area contributed by atoms with Crippen molar-refractivity contribution < 1.29 is 14.3 Å². The van der Waals surface area contributed by atoms with Gasteiger partial charge in [0.2, 0.25) is 5.13 Å². The molecule has 1 aromatic carbocycles. The van der Waals surface area contributed by atoms with E-state index in [0.29, 0.717) is 27.5 Å². The summed E-state index contributed by atoms with van der Waals surface area (Å²) in [5.41, 5.74) is 0.892. The Morgan fingerprint density at radius 3 is 2.95 bits per heavy atom. The Kier molecular flexibility index (Phi) is 5.49. The number of carbonyl (C=O) groups excluding carboxylic acids is 1. The number of nitrogens with zero attached hydrogens (tertiary/aromatic N) is 2. The number of aryl methyl sites for hydroxylation is 1. The van der Waals surface area contributed by atoms with Gasteiger partial charge in [-0.25, -0.2) is 0 Å². The van der Waals surface area contributed by atoms with E-state index >= 15 is 0 Å². The van der Waals surface area contributed by atoms with Crippen molar-refractivity contribution in [2.75, 3.05) is 19.0 Å². The molecule has 0 atom stereocenters. The molecular formula is C13H14ClN3O3S. The number of methoxy groups -OCH3 is 1. The molecule has 1 amide bonds. The summed E-state index contributed by atoms with van der Waals surface area (Å²) in [6.07, 6.45) is 0. The number of rotatable bonds is 6. The Bertz CT molecular complexity index is 633. The van der Waals surface area contributed by atoms with Gasteiger partial charge in [-0.2, -0.15) is 0 Å². The Morgan fingerprint density at radius 2 is 2.24 bits per heavy atom. The van der Waals surface area contributed by atoms with E-state index in [1.165, 1.54) is 11.3 Å². The van der Waals surface area contributed by atoms with E-state index in [4.69, 9.17) is 21.1 Å². The van der Waals surface area contributed by atoms with Crippen molar-refractivity contribution in [1.82, 2.24) is 10.2 Å². The highest BCUT2D eigenvalue weighted by Crippen LogP contribution is 2.21.